The average molecular weight is 1290 g/mol. The van der Waals surface area contributed by atoms with E-state index >= 15 is 0 Å². The van der Waals surface area contributed by atoms with Crippen molar-refractivity contribution in [3.8, 4) is 39.9 Å². The fourth-order valence-corrected chi connectivity index (χ4v) is 15.2. The fraction of sp³-hybridized carbons (Fsp3) is 0.348. The Bertz CT molecular complexity index is 5070. The van der Waals surface area contributed by atoms with E-state index in [0.717, 1.165) is 121 Å². The molecule has 9 aromatic carbocycles. The molecule has 498 valence electrons. The third-order valence-electron chi connectivity index (χ3n) is 21.3. The molecule has 6 nitrogen and oxygen atoms in total. The molecule has 0 bridgehead atoms. The third-order valence-corrected chi connectivity index (χ3v) is 21.3. The summed E-state index contributed by atoms with van der Waals surface area (Å²) in [6.45, 7) is 55.6. The summed E-state index contributed by atoms with van der Waals surface area (Å²) in [6.07, 6.45) is 3.97. The number of nitriles is 1. The van der Waals surface area contributed by atoms with Gasteiger partial charge in [-0.25, -0.2) is 0 Å². The van der Waals surface area contributed by atoms with Gasteiger partial charge in [-0.2, -0.15) is 5.26 Å². The molecule has 98 heavy (non-hydrogen) atoms. The van der Waals surface area contributed by atoms with E-state index < -0.39 is 0 Å². The van der Waals surface area contributed by atoms with Crippen LogP contribution >= 0.6 is 0 Å². The van der Waals surface area contributed by atoms with Crippen molar-refractivity contribution in [1.29, 1.82) is 5.26 Å². The highest BCUT2D eigenvalue weighted by atomic mass is 15.1. The zero-order valence-electron chi connectivity index (χ0n) is 62.8. The van der Waals surface area contributed by atoms with Gasteiger partial charge in [0.25, 0.3) is 0 Å². The van der Waals surface area contributed by atoms with Crippen LogP contribution in [0.25, 0.3) is 121 Å². The van der Waals surface area contributed by atoms with E-state index in [0.29, 0.717) is 5.56 Å². The second kappa shape index (κ2) is 21.9. The Morgan fingerprint density at radius 2 is 0.459 bits per heavy atom. The van der Waals surface area contributed by atoms with Gasteiger partial charge in [0.15, 0.2) is 0 Å². The van der Waals surface area contributed by atoms with Crippen LogP contribution in [0.1, 0.15) is 216 Å². The predicted molar refractivity (Wildman–Crippen MR) is 421 cm³/mol. The van der Waals surface area contributed by atoms with Crippen LogP contribution in [0.4, 0.5) is 0 Å². The first-order valence-corrected chi connectivity index (χ1v) is 35.6. The smallest absolute Gasteiger partial charge is 0.104 e. The molecule has 14 rings (SSSR count). The molecule has 0 radical (unpaired) electrons. The Labute approximate surface area is 582 Å². The van der Waals surface area contributed by atoms with E-state index in [9.17, 15) is 5.26 Å². The van der Waals surface area contributed by atoms with Crippen LogP contribution in [0, 0.1) is 11.3 Å². The highest BCUT2D eigenvalue weighted by Gasteiger charge is 2.37. The van der Waals surface area contributed by atoms with E-state index in [-0.39, 0.29) is 43.3 Å². The minimum atomic E-state index is -0.157. The van der Waals surface area contributed by atoms with E-state index in [1.807, 2.05) is 6.20 Å². The van der Waals surface area contributed by atoms with Crippen LogP contribution in [-0.2, 0) is 43.3 Å². The van der Waals surface area contributed by atoms with Gasteiger partial charge in [-0.1, -0.05) is 221 Å². The van der Waals surface area contributed by atoms with Crippen molar-refractivity contribution in [2.24, 2.45) is 0 Å². The maximum Gasteiger partial charge on any atom is 0.104 e. The number of hydrogen-bond acceptors (Lipinski definition) is 2. The van der Waals surface area contributed by atoms with Crippen LogP contribution in [-0.4, -0.2) is 23.3 Å². The number of nitrogens with zero attached hydrogens (tertiary/aromatic N) is 6. The van der Waals surface area contributed by atoms with Gasteiger partial charge in [-0.3, -0.25) is 4.98 Å². The van der Waals surface area contributed by atoms with Crippen molar-refractivity contribution in [2.45, 2.75) is 209 Å². The topological polar surface area (TPSA) is 56.4 Å². The molecule has 0 saturated carbocycles. The second-order valence-electron chi connectivity index (χ2n) is 36.7. The summed E-state index contributed by atoms with van der Waals surface area (Å²) in [5, 5.41) is 22.8. The lowest BCUT2D eigenvalue weighted by Crippen LogP contribution is -2.17. The van der Waals surface area contributed by atoms with E-state index in [2.05, 4.69) is 354 Å². The molecule has 6 heteroatoms. The molecule has 5 heterocycles. The Morgan fingerprint density at radius 3 is 0.622 bits per heavy atom. The van der Waals surface area contributed by atoms with E-state index in [4.69, 9.17) is 4.98 Å². The van der Waals surface area contributed by atoms with Gasteiger partial charge in [-0.05, 0) is 191 Å². The Hall–Kier alpha value is -9.18. The predicted octanol–water partition coefficient (Wildman–Crippen LogP) is 25.4. The van der Waals surface area contributed by atoms with Gasteiger partial charge in [0, 0.05) is 66.6 Å². The molecule has 0 fully saturated rings. The molecule has 14 aromatic rings. The van der Waals surface area contributed by atoms with Crippen LogP contribution in [0.5, 0.6) is 0 Å². The summed E-state index contributed by atoms with van der Waals surface area (Å²) >= 11 is 0. The Balaban J connectivity index is 1.36. The summed E-state index contributed by atoms with van der Waals surface area (Å²) in [5.74, 6) is 0. The molecule has 0 amide bonds. The van der Waals surface area contributed by atoms with Gasteiger partial charge < -0.3 is 18.3 Å². The van der Waals surface area contributed by atoms with Crippen LogP contribution in [0.15, 0.2) is 170 Å². The number of benzene rings is 9. The molecule has 0 unspecified atom stereocenters. The SMILES string of the molecule is CC(C)(C)c1ccc2c(c1)c1cc(C(C)(C)C)ccc1n2-c1c(C#N)c(-n2c3ccc(C(C)(C)C)cc3c3cc(C(C)(C)C)ccc32)c(-n2c3ccc(C(C)(C)C)cc3c3cc(C(C)(C)C)ccc32)c(-c2cccnc2)c1-n1c2ccc(C(C)(C)C)cc2c2cc(C(C)(C)C)ccc21. The minimum absolute atomic E-state index is 0.153. The van der Waals surface area contributed by atoms with E-state index in [1.54, 1.807) is 0 Å². The zero-order valence-corrected chi connectivity index (χ0v) is 62.8. The van der Waals surface area contributed by atoms with Crippen molar-refractivity contribution in [2.75, 3.05) is 0 Å². The number of aromatic nitrogens is 5. The first-order chi connectivity index (χ1) is 45.6. The molecule has 0 aliphatic rings. The lowest BCUT2D eigenvalue weighted by molar-refractivity contribution is 0.590. The maximum absolute atomic E-state index is 13.6. The summed E-state index contributed by atoms with van der Waals surface area (Å²) in [6, 6.07) is 64.7. The number of fused-ring (bicyclic) bond motifs is 12. The molecule has 5 aromatic heterocycles. The van der Waals surface area contributed by atoms with Crippen LogP contribution in [0.3, 0.4) is 0 Å². The molecule has 0 aliphatic carbocycles. The first-order valence-electron chi connectivity index (χ1n) is 35.6. The van der Waals surface area contributed by atoms with Crippen molar-refractivity contribution < 1.29 is 0 Å². The van der Waals surface area contributed by atoms with Gasteiger partial charge in [0.05, 0.1) is 66.9 Å². The third kappa shape index (κ3) is 10.7. The highest BCUT2D eigenvalue weighted by Crippen LogP contribution is 2.54. The van der Waals surface area contributed by atoms with Crippen molar-refractivity contribution in [3.63, 3.8) is 0 Å². The molecular formula is C92H100N6. The molecule has 0 aliphatic heterocycles. The first kappa shape index (κ1) is 66.1. The molecule has 0 saturated heterocycles. The molecule has 0 spiro atoms. The maximum atomic E-state index is 13.6. The molecular weight excluding hydrogens is 1190 g/mol. The highest BCUT2D eigenvalue weighted by molar-refractivity contribution is 6.18. The molecule has 0 N–H and O–H groups in total. The Kier molecular flexibility index (Phi) is 14.8. The van der Waals surface area contributed by atoms with Crippen LogP contribution < -0.4 is 0 Å². The standard InChI is InChI=1S/C92H100N6/c1-85(2,3)55-27-35-72-63(44-55)64-45-56(86(4,5)6)28-36-73(64)95(72)81-71(52-93)82(96-74-37-29-57(87(7,8)9)46-65(74)66-47-58(88(10,11)12)30-38-75(66)96)84(98-78-41-33-61(91(19,20)21)50-69(78)70-51-62(92(22,23)24)34-42-79(70)98)80(54-26-25-43-94-53-54)83(81)97-76-39-31-59(89(13,14)15)48-67(76)68-49-60(90(16,17)18)32-40-77(68)97/h25-51,53H,1-24H3. The average Bonchev–Trinajstić information content (AvgIpc) is 1.46. The second-order valence-corrected chi connectivity index (χ2v) is 36.7. The van der Waals surface area contributed by atoms with Gasteiger partial charge in [0.1, 0.15) is 11.6 Å². The van der Waals surface area contributed by atoms with Crippen LogP contribution in [0.2, 0.25) is 0 Å². The fourth-order valence-electron chi connectivity index (χ4n) is 15.2. The Morgan fingerprint density at radius 1 is 0.265 bits per heavy atom. The minimum Gasteiger partial charge on any atom is -0.306 e. The number of pyridine rings is 1. The van der Waals surface area contributed by atoms with Crippen molar-refractivity contribution in [3.05, 3.63) is 220 Å². The summed E-state index contributed by atoms with van der Waals surface area (Å²) in [5.41, 5.74) is 22.8. The normalized spacial score (nSPS) is 13.5. The van der Waals surface area contributed by atoms with E-state index in [1.165, 1.54) is 44.5 Å². The van der Waals surface area contributed by atoms with Crippen molar-refractivity contribution in [1.82, 2.24) is 23.3 Å². The van der Waals surface area contributed by atoms with Gasteiger partial charge in [-0.15, -0.1) is 0 Å². The summed E-state index contributed by atoms with van der Waals surface area (Å²) in [7, 11) is 0. The lowest BCUT2D eigenvalue weighted by Gasteiger charge is -2.29. The summed E-state index contributed by atoms with van der Waals surface area (Å²) in [4.78, 5) is 5.17. The number of hydrogen-bond donors (Lipinski definition) is 0. The van der Waals surface area contributed by atoms with Crippen molar-refractivity contribution >= 4 is 87.2 Å². The summed E-state index contributed by atoms with van der Waals surface area (Å²) < 4.78 is 10.1. The van der Waals surface area contributed by atoms with Gasteiger partial charge in [0.2, 0.25) is 0 Å². The van der Waals surface area contributed by atoms with Gasteiger partial charge >= 0.3 is 0 Å². The molecule has 0 atom stereocenters. The largest absolute Gasteiger partial charge is 0.306 e. The zero-order chi connectivity index (χ0) is 70.4. The quantitative estimate of drug-likeness (QED) is 0.172. The lowest BCUT2D eigenvalue weighted by atomic mass is 9.85. The number of rotatable bonds is 5. The monoisotopic (exact) mass is 1290 g/mol.